The summed E-state index contributed by atoms with van der Waals surface area (Å²) in [4.78, 5) is 36.0. The molecule has 0 spiro atoms. The average Bonchev–Trinajstić information content (AvgIpc) is 3.35. The number of carbonyl (C=O) groups excluding carboxylic acids is 2. The second-order valence-corrected chi connectivity index (χ2v) is 7.87. The van der Waals surface area contributed by atoms with Gasteiger partial charge in [0.2, 0.25) is 0 Å². The third-order valence-electron chi connectivity index (χ3n) is 4.74. The lowest BCUT2D eigenvalue weighted by Gasteiger charge is -2.20. The van der Waals surface area contributed by atoms with Gasteiger partial charge in [0, 0.05) is 25.1 Å². The number of rotatable bonds is 6. The van der Waals surface area contributed by atoms with Crippen molar-refractivity contribution in [3.63, 3.8) is 0 Å². The molecule has 0 bridgehead atoms. The number of nitrogens with zero attached hydrogens (tertiary/aromatic N) is 3. The molecule has 0 saturated heterocycles. The quantitative estimate of drug-likeness (QED) is 0.444. The van der Waals surface area contributed by atoms with E-state index in [1.54, 1.807) is 74.0 Å². The van der Waals surface area contributed by atoms with Gasteiger partial charge >= 0.3 is 6.01 Å². The summed E-state index contributed by atoms with van der Waals surface area (Å²) < 4.78 is 5.64. The van der Waals surface area contributed by atoms with E-state index in [1.807, 2.05) is 18.4 Å². The van der Waals surface area contributed by atoms with Gasteiger partial charge in [-0.3, -0.25) is 9.59 Å². The normalized spacial score (nSPS) is 10.4. The van der Waals surface area contributed by atoms with E-state index < -0.39 is 0 Å². The minimum absolute atomic E-state index is 0.166. The number of thiophene rings is 1. The van der Waals surface area contributed by atoms with Crippen molar-refractivity contribution in [1.82, 2.24) is 9.97 Å². The Morgan fingerprint density at radius 2 is 1.78 bits per heavy atom. The van der Waals surface area contributed by atoms with Crippen LogP contribution < -0.4 is 15.0 Å². The fourth-order valence-corrected chi connectivity index (χ4v) is 3.80. The topological polar surface area (TPSA) is 84.4 Å². The van der Waals surface area contributed by atoms with Gasteiger partial charge in [-0.1, -0.05) is 18.2 Å². The number of para-hydroxylation sites is 1. The monoisotopic (exact) mass is 444 g/mol. The first-order chi connectivity index (χ1) is 15.5. The molecule has 0 aliphatic rings. The number of nitrogens with one attached hydrogen (secondary N) is 1. The zero-order valence-corrected chi connectivity index (χ0v) is 18.3. The molecule has 0 aliphatic carbocycles. The van der Waals surface area contributed by atoms with Crippen LogP contribution in [0.1, 0.15) is 25.6 Å². The minimum atomic E-state index is -0.311. The summed E-state index contributed by atoms with van der Waals surface area (Å²) in [5, 5.41) is 4.77. The molecule has 0 atom stereocenters. The number of benzene rings is 2. The summed E-state index contributed by atoms with van der Waals surface area (Å²) in [6.07, 6.45) is 3.20. The van der Waals surface area contributed by atoms with Crippen LogP contribution in [0.4, 0.5) is 11.4 Å². The lowest BCUT2D eigenvalue weighted by Crippen LogP contribution is -2.28. The molecule has 2 aromatic carbocycles. The van der Waals surface area contributed by atoms with Gasteiger partial charge in [0.05, 0.1) is 16.1 Å². The Bertz CT molecular complexity index is 1240. The fraction of sp³-hybridized carbons (Fsp3) is 0.0833. The predicted octanol–water partition coefficient (Wildman–Crippen LogP) is 5.17. The molecule has 0 radical (unpaired) electrons. The van der Waals surface area contributed by atoms with Crippen LogP contribution in [0.2, 0.25) is 0 Å². The van der Waals surface area contributed by atoms with Crippen LogP contribution in [0, 0.1) is 6.92 Å². The van der Waals surface area contributed by atoms with E-state index in [0.717, 1.165) is 5.56 Å². The zero-order chi connectivity index (χ0) is 22.5. The van der Waals surface area contributed by atoms with Crippen molar-refractivity contribution in [2.75, 3.05) is 17.3 Å². The predicted molar refractivity (Wildman–Crippen MR) is 125 cm³/mol. The standard InChI is InChI=1S/C24H20N4O3S/c1-16-15-17(31-24-25-12-6-13-26-24)10-11-19(16)27-22(29)18-7-3-4-8-20(18)28(2)23(30)21-9-5-14-32-21/h3-15H,1-2H3,(H,27,29). The summed E-state index contributed by atoms with van der Waals surface area (Å²) in [5.41, 5.74) is 2.38. The van der Waals surface area contributed by atoms with Crippen LogP contribution in [0.15, 0.2) is 78.4 Å². The van der Waals surface area contributed by atoms with Gasteiger partial charge in [0.15, 0.2) is 0 Å². The highest BCUT2D eigenvalue weighted by Gasteiger charge is 2.20. The van der Waals surface area contributed by atoms with Crippen LogP contribution in [0.5, 0.6) is 11.8 Å². The van der Waals surface area contributed by atoms with Crippen molar-refractivity contribution in [1.29, 1.82) is 0 Å². The van der Waals surface area contributed by atoms with E-state index in [2.05, 4.69) is 15.3 Å². The van der Waals surface area contributed by atoms with Crippen molar-refractivity contribution in [2.24, 2.45) is 0 Å². The minimum Gasteiger partial charge on any atom is -0.424 e. The molecule has 160 valence electrons. The van der Waals surface area contributed by atoms with Gasteiger partial charge < -0.3 is 15.0 Å². The largest absolute Gasteiger partial charge is 0.424 e. The molecule has 0 fully saturated rings. The highest BCUT2D eigenvalue weighted by Crippen LogP contribution is 2.27. The smallest absolute Gasteiger partial charge is 0.321 e. The van der Waals surface area contributed by atoms with Crippen molar-refractivity contribution < 1.29 is 14.3 Å². The van der Waals surface area contributed by atoms with Gasteiger partial charge in [-0.15, -0.1) is 11.3 Å². The molecule has 0 saturated carbocycles. The molecule has 2 amide bonds. The maximum Gasteiger partial charge on any atom is 0.321 e. The molecule has 8 heteroatoms. The Morgan fingerprint density at radius 3 is 2.50 bits per heavy atom. The third-order valence-corrected chi connectivity index (χ3v) is 5.60. The van der Waals surface area contributed by atoms with Crippen LogP contribution in [0.25, 0.3) is 0 Å². The SMILES string of the molecule is Cc1cc(Oc2ncccn2)ccc1NC(=O)c1ccccc1N(C)C(=O)c1cccs1. The van der Waals surface area contributed by atoms with Gasteiger partial charge in [0.1, 0.15) is 5.75 Å². The Balaban J connectivity index is 1.53. The molecule has 2 heterocycles. The number of hydrogen-bond donors (Lipinski definition) is 1. The van der Waals surface area contributed by atoms with Crippen molar-refractivity contribution in [2.45, 2.75) is 6.92 Å². The molecule has 1 N–H and O–H groups in total. The van der Waals surface area contributed by atoms with E-state index >= 15 is 0 Å². The van der Waals surface area contributed by atoms with E-state index in [9.17, 15) is 9.59 Å². The van der Waals surface area contributed by atoms with Crippen LogP contribution in [-0.4, -0.2) is 28.8 Å². The molecular weight excluding hydrogens is 424 g/mol. The van der Waals surface area contributed by atoms with Crippen molar-refractivity contribution in [3.05, 3.63) is 94.4 Å². The molecule has 4 rings (SSSR count). The Kier molecular flexibility index (Phi) is 6.23. The fourth-order valence-electron chi connectivity index (χ4n) is 3.11. The first-order valence-electron chi connectivity index (χ1n) is 9.80. The number of anilines is 2. The van der Waals surface area contributed by atoms with Gasteiger partial charge in [-0.2, -0.15) is 0 Å². The number of ether oxygens (including phenoxy) is 1. The molecule has 4 aromatic rings. The summed E-state index contributed by atoms with van der Waals surface area (Å²) in [6.45, 7) is 1.87. The Hall–Kier alpha value is -4.04. The lowest BCUT2D eigenvalue weighted by atomic mass is 10.1. The molecule has 0 unspecified atom stereocenters. The summed E-state index contributed by atoms with van der Waals surface area (Å²) in [7, 11) is 1.66. The highest BCUT2D eigenvalue weighted by atomic mass is 32.1. The van der Waals surface area contributed by atoms with E-state index in [-0.39, 0.29) is 17.8 Å². The van der Waals surface area contributed by atoms with Crippen molar-refractivity contribution >= 4 is 34.5 Å². The first-order valence-corrected chi connectivity index (χ1v) is 10.7. The summed E-state index contributed by atoms with van der Waals surface area (Å²) in [5.74, 6) is 0.0871. The van der Waals surface area contributed by atoms with Crippen LogP contribution in [0.3, 0.4) is 0 Å². The lowest BCUT2D eigenvalue weighted by molar-refractivity contribution is 0.0996. The maximum absolute atomic E-state index is 13.1. The summed E-state index contributed by atoms with van der Waals surface area (Å²) in [6, 6.07) is 17.8. The van der Waals surface area contributed by atoms with E-state index in [4.69, 9.17) is 4.74 Å². The number of hydrogen-bond acceptors (Lipinski definition) is 6. The Labute approximate surface area is 189 Å². The molecule has 0 aliphatic heterocycles. The van der Waals surface area contributed by atoms with E-state index in [0.29, 0.717) is 27.6 Å². The molecule has 32 heavy (non-hydrogen) atoms. The second kappa shape index (κ2) is 9.40. The zero-order valence-electron chi connectivity index (χ0n) is 17.5. The first kappa shape index (κ1) is 21.2. The van der Waals surface area contributed by atoms with Gasteiger partial charge in [0.25, 0.3) is 11.8 Å². The number of aryl methyl sites for hydroxylation is 1. The van der Waals surface area contributed by atoms with Gasteiger partial charge in [-0.25, -0.2) is 9.97 Å². The number of aromatic nitrogens is 2. The number of amides is 2. The second-order valence-electron chi connectivity index (χ2n) is 6.92. The molecule has 2 aromatic heterocycles. The Morgan fingerprint density at radius 1 is 1.00 bits per heavy atom. The number of carbonyl (C=O) groups is 2. The van der Waals surface area contributed by atoms with Crippen LogP contribution >= 0.6 is 11.3 Å². The third kappa shape index (κ3) is 4.65. The average molecular weight is 445 g/mol. The summed E-state index contributed by atoms with van der Waals surface area (Å²) >= 11 is 1.36. The van der Waals surface area contributed by atoms with E-state index in [1.165, 1.54) is 16.2 Å². The van der Waals surface area contributed by atoms with Gasteiger partial charge in [-0.05, 0) is 60.3 Å². The molecular formula is C24H20N4O3S. The van der Waals surface area contributed by atoms with Crippen LogP contribution in [-0.2, 0) is 0 Å². The maximum atomic E-state index is 13.1. The van der Waals surface area contributed by atoms with Crippen molar-refractivity contribution in [3.8, 4) is 11.8 Å². The highest BCUT2D eigenvalue weighted by molar-refractivity contribution is 7.12. The molecule has 7 nitrogen and oxygen atoms in total.